The summed E-state index contributed by atoms with van der Waals surface area (Å²) in [7, 11) is -9.19. The molecule has 3 heterocycles. The van der Waals surface area contributed by atoms with Crippen LogP contribution < -0.4 is 16.0 Å². The summed E-state index contributed by atoms with van der Waals surface area (Å²) >= 11 is 0. The van der Waals surface area contributed by atoms with E-state index < -0.39 is 58.0 Å². The van der Waals surface area contributed by atoms with E-state index in [2.05, 4.69) is 14.0 Å². The number of rotatable bonds is 9. The highest BCUT2D eigenvalue weighted by Gasteiger charge is 2.46. The molecule has 2 aromatic heterocycles. The first-order valence-electron chi connectivity index (χ1n) is 10.3. The maximum Gasteiger partial charge on any atom is 0.481 e. The highest BCUT2D eigenvalue weighted by atomic mass is 31.3. The zero-order chi connectivity index (χ0) is 27.1. The molecule has 202 valence electrons. The average Bonchev–Trinajstić information content (AvgIpc) is 3.34. The number of nitrogens with zero attached hydrogens (tertiary/aromatic N) is 3. The maximum atomic E-state index is 13.1. The Labute approximate surface area is 205 Å². The van der Waals surface area contributed by atoms with Crippen molar-refractivity contribution in [1.29, 1.82) is 0 Å². The lowest BCUT2D eigenvalue weighted by molar-refractivity contribution is -0.0547. The van der Waals surface area contributed by atoms with Gasteiger partial charge in [-0.05, 0) is 18.2 Å². The second-order valence-electron chi connectivity index (χ2n) is 7.80. The Morgan fingerprint density at radius 3 is 2.51 bits per heavy atom. The second-order valence-corrected chi connectivity index (χ2v) is 10.6. The summed E-state index contributed by atoms with van der Waals surface area (Å²) in [5, 5.41) is 25.1. The van der Waals surface area contributed by atoms with E-state index in [0.717, 1.165) is 21.4 Å². The van der Waals surface area contributed by atoms with E-state index in [1.807, 2.05) is 0 Å². The highest BCUT2D eigenvalue weighted by Crippen LogP contribution is 2.57. The van der Waals surface area contributed by atoms with Crippen LogP contribution in [0.3, 0.4) is 0 Å². The molecule has 0 radical (unpaired) electrons. The molecule has 1 saturated heterocycles. The number of phosphoric ester groups is 1. The van der Waals surface area contributed by atoms with Gasteiger partial charge < -0.3 is 38.9 Å². The Balaban J connectivity index is 1.58. The minimum Gasteiger partial charge on any atom is -0.497 e. The molecule has 1 fully saturated rings. The molecular weight excluding hydrogens is 544 g/mol. The molecule has 3 aromatic rings. The largest absolute Gasteiger partial charge is 0.497 e. The van der Waals surface area contributed by atoms with E-state index in [1.165, 1.54) is 7.11 Å². The van der Waals surface area contributed by atoms with Crippen molar-refractivity contribution in [3.63, 3.8) is 0 Å². The fraction of sp³-hybridized carbons (Fsp3) is 0.389. The van der Waals surface area contributed by atoms with E-state index >= 15 is 0 Å². The monoisotopic (exact) mass is 565 g/mol. The first-order valence-corrected chi connectivity index (χ1v) is 13.3. The molecule has 19 heteroatoms. The number of hydrogen-bond acceptors (Lipinski definition) is 12. The number of aromatic nitrogens is 3. The van der Waals surface area contributed by atoms with E-state index in [9.17, 15) is 33.8 Å². The number of fused-ring (bicyclic) bond motifs is 1. The fourth-order valence-electron chi connectivity index (χ4n) is 3.65. The lowest BCUT2D eigenvalue weighted by Crippen LogP contribution is -2.43. The van der Waals surface area contributed by atoms with Gasteiger partial charge in [-0.2, -0.15) is 4.31 Å². The number of hydrogen-bond donors (Lipinski definition) is 5. The van der Waals surface area contributed by atoms with Gasteiger partial charge in [-0.15, -0.1) is 0 Å². The molecule has 0 bridgehead atoms. The number of phosphoric acid groups is 2. The average molecular weight is 565 g/mol. The van der Waals surface area contributed by atoms with Crippen LogP contribution >= 0.6 is 15.6 Å². The molecule has 0 saturated carbocycles. The number of methoxy groups -OCH3 is 1. The van der Waals surface area contributed by atoms with Gasteiger partial charge in [0.25, 0.3) is 5.56 Å². The predicted octanol–water partition coefficient (Wildman–Crippen LogP) is -0.946. The Bertz CT molecular complexity index is 1510. The molecule has 4 rings (SSSR count). The van der Waals surface area contributed by atoms with E-state index in [4.69, 9.17) is 23.8 Å². The topological polar surface area (TPSA) is 242 Å². The molecular formula is C18H21N3O14P2. The van der Waals surface area contributed by atoms with Gasteiger partial charge in [0, 0.05) is 12.3 Å². The van der Waals surface area contributed by atoms with Gasteiger partial charge in [0.1, 0.15) is 29.8 Å². The molecule has 0 spiro atoms. The summed E-state index contributed by atoms with van der Waals surface area (Å²) in [4.78, 5) is 52.3. The van der Waals surface area contributed by atoms with Crippen LogP contribution in [0.4, 0.5) is 0 Å². The summed E-state index contributed by atoms with van der Waals surface area (Å²) in [6.07, 6.45) is -5.62. The van der Waals surface area contributed by atoms with Crippen LogP contribution in [0, 0.1) is 0 Å². The molecule has 17 nitrogen and oxygen atoms in total. The Morgan fingerprint density at radius 2 is 1.84 bits per heavy atom. The molecule has 0 aliphatic carbocycles. The molecule has 5 N–H and O–H groups in total. The third-order valence-electron chi connectivity index (χ3n) is 5.38. The van der Waals surface area contributed by atoms with Crippen molar-refractivity contribution in [2.24, 2.45) is 0 Å². The standard InChI is InChI=1S/C18H21N3O14P2/c1-31-9-2-3-12-10(6-9)11(19-34-12)7-21-14(22)4-5-20(18(21)25)17-16(24)15(23)13(33-17)8-32-37(29,30)35-36(26,27)28/h2-6,13,15-17,23-24H,7-8H2,1H3,(H,29,30)(H2,26,27,28)/t13-,15?,16?,17-/m1/s1. The molecule has 37 heavy (non-hydrogen) atoms. The Kier molecular flexibility index (Phi) is 7.56. The second kappa shape index (κ2) is 10.2. The van der Waals surface area contributed by atoms with Crippen LogP contribution in [0.5, 0.6) is 5.75 Å². The van der Waals surface area contributed by atoms with Gasteiger partial charge in [0.2, 0.25) is 0 Å². The molecule has 5 atom stereocenters. The van der Waals surface area contributed by atoms with Crippen LogP contribution in [0.15, 0.2) is 44.6 Å². The minimum absolute atomic E-state index is 0.230. The van der Waals surface area contributed by atoms with E-state index in [0.29, 0.717) is 16.7 Å². The number of ether oxygens (including phenoxy) is 2. The van der Waals surface area contributed by atoms with Gasteiger partial charge in [-0.25, -0.2) is 13.9 Å². The van der Waals surface area contributed by atoms with Crippen molar-refractivity contribution < 1.29 is 56.9 Å². The van der Waals surface area contributed by atoms with Crippen LogP contribution in [-0.4, -0.2) is 71.2 Å². The summed E-state index contributed by atoms with van der Waals surface area (Å²) in [5.74, 6) is 0.484. The zero-order valence-electron chi connectivity index (χ0n) is 18.8. The molecule has 0 amide bonds. The molecule has 1 aliphatic heterocycles. The predicted molar refractivity (Wildman–Crippen MR) is 119 cm³/mol. The molecule has 1 aliphatic rings. The number of aliphatic hydroxyl groups excluding tert-OH is 2. The van der Waals surface area contributed by atoms with Crippen molar-refractivity contribution in [1.82, 2.24) is 14.3 Å². The van der Waals surface area contributed by atoms with Crippen molar-refractivity contribution >= 4 is 26.6 Å². The minimum atomic E-state index is -5.38. The van der Waals surface area contributed by atoms with Gasteiger partial charge >= 0.3 is 21.3 Å². The normalized spacial score (nSPS) is 23.8. The van der Waals surface area contributed by atoms with E-state index in [-0.39, 0.29) is 12.2 Å². The quantitative estimate of drug-likeness (QED) is 0.197. The van der Waals surface area contributed by atoms with Crippen molar-refractivity contribution in [3.8, 4) is 5.75 Å². The van der Waals surface area contributed by atoms with Crippen molar-refractivity contribution in [3.05, 3.63) is 57.0 Å². The smallest absolute Gasteiger partial charge is 0.481 e. The Morgan fingerprint density at radius 1 is 1.11 bits per heavy atom. The van der Waals surface area contributed by atoms with Crippen molar-refractivity contribution in [2.75, 3.05) is 13.7 Å². The van der Waals surface area contributed by atoms with Crippen LogP contribution in [0.2, 0.25) is 0 Å². The molecule has 1 aromatic carbocycles. The third-order valence-corrected chi connectivity index (χ3v) is 7.53. The van der Waals surface area contributed by atoms with Crippen LogP contribution in [0.25, 0.3) is 11.0 Å². The lowest BCUT2D eigenvalue weighted by atomic mass is 10.1. The van der Waals surface area contributed by atoms with Crippen LogP contribution in [0.1, 0.15) is 11.9 Å². The van der Waals surface area contributed by atoms with Gasteiger partial charge in [-0.3, -0.25) is 18.5 Å². The van der Waals surface area contributed by atoms with Crippen molar-refractivity contribution in [2.45, 2.75) is 31.1 Å². The lowest BCUT2D eigenvalue weighted by Gasteiger charge is -2.19. The summed E-state index contributed by atoms with van der Waals surface area (Å²) in [5.41, 5.74) is -1.07. The fourth-order valence-corrected chi connectivity index (χ4v) is 5.25. The number of aliphatic hydroxyl groups is 2. The van der Waals surface area contributed by atoms with Gasteiger partial charge in [-0.1, -0.05) is 5.16 Å². The van der Waals surface area contributed by atoms with Gasteiger partial charge in [0.15, 0.2) is 11.8 Å². The first-order chi connectivity index (χ1) is 17.3. The van der Waals surface area contributed by atoms with Gasteiger partial charge in [0.05, 0.1) is 25.6 Å². The van der Waals surface area contributed by atoms with Crippen LogP contribution in [-0.2, 0) is 29.2 Å². The summed E-state index contributed by atoms with van der Waals surface area (Å²) in [6.45, 7) is -1.28. The first kappa shape index (κ1) is 27.3. The van der Waals surface area contributed by atoms with E-state index in [1.54, 1.807) is 18.2 Å². The summed E-state index contributed by atoms with van der Waals surface area (Å²) < 4.78 is 47.9. The zero-order valence-corrected chi connectivity index (χ0v) is 20.5. The summed E-state index contributed by atoms with van der Waals surface area (Å²) in [6, 6.07) is 5.84. The third kappa shape index (κ3) is 5.91. The maximum absolute atomic E-state index is 13.1. The Hall–Kier alpha value is -2.69. The highest BCUT2D eigenvalue weighted by molar-refractivity contribution is 7.60. The SMILES string of the molecule is COc1ccc2onc(Cn3c(=O)ccn([C@@H]4O[C@H](COP(=O)(O)OP(=O)(O)O)C(O)C4O)c3=O)c2c1. The molecule has 3 unspecified atom stereocenters. The number of benzene rings is 1.